The van der Waals surface area contributed by atoms with Crippen LogP contribution in [-0.4, -0.2) is 43.3 Å². The molecule has 1 saturated heterocycles. The third-order valence-electron chi connectivity index (χ3n) is 5.56. The maximum Gasteiger partial charge on any atom is 0.251 e. The van der Waals surface area contributed by atoms with Gasteiger partial charge in [0.05, 0.1) is 5.92 Å². The van der Waals surface area contributed by atoms with Crippen molar-refractivity contribution in [1.29, 1.82) is 0 Å². The van der Waals surface area contributed by atoms with E-state index in [0.29, 0.717) is 24.6 Å². The second-order valence-electron chi connectivity index (χ2n) is 8.13. The summed E-state index contributed by atoms with van der Waals surface area (Å²) in [7, 11) is 3.34. The van der Waals surface area contributed by atoms with E-state index >= 15 is 0 Å². The van der Waals surface area contributed by atoms with Gasteiger partial charge in [-0.2, -0.15) is 0 Å². The molecule has 1 unspecified atom stereocenters. The lowest BCUT2D eigenvalue weighted by molar-refractivity contribution is -0.135. The van der Waals surface area contributed by atoms with Crippen LogP contribution in [0.15, 0.2) is 48.5 Å². The average molecular weight is 408 g/mol. The van der Waals surface area contributed by atoms with E-state index in [-0.39, 0.29) is 30.1 Å². The molecule has 0 bridgehead atoms. The number of hydrogen-bond donors (Lipinski definition) is 1. The Balaban J connectivity index is 1.65. The zero-order chi connectivity index (χ0) is 21.8. The quantitative estimate of drug-likeness (QED) is 0.800. The summed E-state index contributed by atoms with van der Waals surface area (Å²) in [5.41, 5.74) is 3.54. The third-order valence-corrected chi connectivity index (χ3v) is 5.56. The second-order valence-corrected chi connectivity index (χ2v) is 8.13. The van der Waals surface area contributed by atoms with Crippen molar-refractivity contribution >= 4 is 23.4 Å². The molecule has 6 heteroatoms. The summed E-state index contributed by atoms with van der Waals surface area (Å²) in [6.45, 7) is 5.07. The highest BCUT2D eigenvalue weighted by Gasteiger charge is 2.36. The lowest BCUT2D eigenvalue weighted by Crippen LogP contribution is -2.34. The SMILES string of the molecule is CNC(=O)c1ccc(CN(C)C(=O)C2CC(=O)N(c3cccc(C(C)C)c3)C2)cc1. The molecule has 1 fully saturated rings. The van der Waals surface area contributed by atoms with Crippen molar-refractivity contribution < 1.29 is 14.4 Å². The number of nitrogens with one attached hydrogen (secondary N) is 1. The fraction of sp³-hybridized carbons (Fsp3) is 0.375. The van der Waals surface area contributed by atoms with Crippen LogP contribution in [0.25, 0.3) is 0 Å². The van der Waals surface area contributed by atoms with E-state index in [1.165, 1.54) is 5.56 Å². The summed E-state index contributed by atoms with van der Waals surface area (Å²) in [6, 6.07) is 15.2. The van der Waals surface area contributed by atoms with Gasteiger partial charge >= 0.3 is 0 Å². The molecule has 1 heterocycles. The van der Waals surface area contributed by atoms with Crippen molar-refractivity contribution in [2.24, 2.45) is 5.92 Å². The van der Waals surface area contributed by atoms with E-state index in [9.17, 15) is 14.4 Å². The maximum atomic E-state index is 13.0. The minimum absolute atomic E-state index is 0.0161. The van der Waals surface area contributed by atoms with Crippen LogP contribution in [0.4, 0.5) is 5.69 Å². The Morgan fingerprint density at radius 2 is 1.87 bits per heavy atom. The summed E-state index contributed by atoms with van der Waals surface area (Å²) in [6.07, 6.45) is 0.227. The van der Waals surface area contributed by atoms with Gasteiger partial charge in [-0.1, -0.05) is 38.1 Å². The lowest BCUT2D eigenvalue weighted by Gasteiger charge is -2.22. The summed E-state index contributed by atoms with van der Waals surface area (Å²) >= 11 is 0. The molecule has 1 N–H and O–H groups in total. The van der Waals surface area contributed by atoms with Gasteiger partial charge in [-0.25, -0.2) is 0 Å². The first-order valence-corrected chi connectivity index (χ1v) is 10.3. The standard InChI is InChI=1S/C24H29N3O3/c1-16(2)19-6-5-7-21(12-19)27-15-20(13-22(27)28)24(30)26(4)14-17-8-10-18(11-9-17)23(29)25-3/h5-12,16,20H,13-15H2,1-4H3,(H,25,29). The Bertz CT molecular complexity index is 937. The number of anilines is 1. The van der Waals surface area contributed by atoms with Gasteiger partial charge in [0.15, 0.2) is 0 Å². The topological polar surface area (TPSA) is 69.7 Å². The van der Waals surface area contributed by atoms with E-state index in [1.54, 1.807) is 36.0 Å². The number of rotatable bonds is 6. The van der Waals surface area contributed by atoms with Gasteiger partial charge in [-0.3, -0.25) is 14.4 Å². The van der Waals surface area contributed by atoms with Crippen LogP contribution in [0.3, 0.4) is 0 Å². The average Bonchev–Trinajstić information content (AvgIpc) is 3.14. The zero-order valence-electron chi connectivity index (χ0n) is 18.0. The maximum absolute atomic E-state index is 13.0. The number of benzene rings is 2. The van der Waals surface area contributed by atoms with Gasteiger partial charge in [0.25, 0.3) is 5.91 Å². The first-order chi connectivity index (χ1) is 14.3. The van der Waals surface area contributed by atoms with Crippen molar-refractivity contribution in [2.75, 3.05) is 25.5 Å². The highest BCUT2D eigenvalue weighted by molar-refractivity contribution is 6.00. The van der Waals surface area contributed by atoms with Crippen molar-refractivity contribution in [1.82, 2.24) is 10.2 Å². The smallest absolute Gasteiger partial charge is 0.251 e. The molecule has 0 aliphatic carbocycles. The molecule has 2 aromatic rings. The number of carbonyl (C=O) groups is 3. The van der Waals surface area contributed by atoms with Crippen LogP contribution in [0.2, 0.25) is 0 Å². The van der Waals surface area contributed by atoms with Crippen LogP contribution >= 0.6 is 0 Å². The fourth-order valence-corrected chi connectivity index (χ4v) is 3.74. The number of nitrogens with zero attached hydrogens (tertiary/aromatic N) is 2. The van der Waals surface area contributed by atoms with E-state index in [0.717, 1.165) is 11.3 Å². The van der Waals surface area contributed by atoms with Gasteiger partial charge < -0.3 is 15.1 Å². The molecular formula is C24H29N3O3. The number of amides is 3. The van der Waals surface area contributed by atoms with Crippen LogP contribution in [-0.2, 0) is 16.1 Å². The minimum atomic E-state index is -0.352. The molecule has 6 nitrogen and oxygen atoms in total. The molecular weight excluding hydrogens is 378 g/mol. The van der Waals surface area contributed by atoms with Crippen molar-refractivity contribution in [3.63, 3.8) is 0 Å². The molecule has 3 rings (SSSR count). The molecule has 1 atom stereocenters. The van der Waals surface area contributed by atoms with Crippen LogP contribution < -0.4 is 10.2 Å². The molecule has 3 amide bonds. The lowest BCUT2D eigenvalue weighted by atomic mass is 10.0. The fourth-order valence-electron chi connectivity index (χ4n) is 3.74. The summed E-state index contributed by atoms with van der Waals surface area (Å²) in [5, 5.41) is 2.59. The highest BCUT2D eigenvalue weighted by atomic mass is 16.2. The number of hydrogen-bond acceptors (Lipinski definition) is 3. The summed E-state index contributed by atoms with van der Waals surface area (Å²) in [5.74, 6) is -0.174. The highest BCUT2D eigenvalue weighted by Crippen LogP contribution is 2.28. The van der Waals surface area contributed by atoms with Crippen molar-refractivity contribution in [3.05, 3.63) is 65.2 Å². The summed E-state index contributed by atoms with van der Waals surface area (Å²) < 4.78 is 0. The van der Waals surface area contributed by atoms with E-state index < -0.39 is 0 Å². The first-order valence-electron chi connectivity index (χ1n) is 10.3. The monoisotopic (exact) mass is 407 g/mol. The van der Waals surface area contributed by atoms with E-state index in [1.807, 2.05) is 30.3 Å². The van der Waals surface area contributed by atoms with E-state index in [2.05, 4.69) is 25.2 Å². The Hall–Kier alpha value is -3.15. The molecule has 0 spiro atoms. The van der Waals surface area contributed by atoms with Gasteiger partial charge in [0.1, 0.15) is 0 Å². The zero-order valence-corrected chi connectivity index (χ0v) is 18.0. The second kappa shape index (κ2) is 9.11. The Morgan fingerprint density at radius 1 is 1.17 bits per heavy atom. The Labute approximate surface area is 177 Å². The van der Waals surface area contributed by atoms with E-state index in [4.69, 9.17) is 0 Å². The first kappa shape index (κ1) is 21.6. The summed E-state index contributed by atoms with van der Waals surface area (Å²) in [4.78, 5) is 40.6. The minimum Gasteiger partial charge on any atom is -0.355 e. The largest absolute Gasteiger partial charge is 0.355 e. The van der Waals surface area contributed by atoms with Gasteiger partial charge in [0, 0.05) is 44.9 Å². The van der Waals surface area contributed by atoms with Gasteiger partial charge in [0.2, 0.25) is 11.8 Å². The molecule has 158 valence electrons. The van der Waals surface area contributed by atoms with Gasteiger partial charge in [-0.15, -0.1) is 0 Å². The Kier molecular flexibility index (Phi) is 6.55. The number of carbonyl (C=O) groups excluding carboxylic acids is 3. The van der Waals surface area contributed by atoms with Gasteiger partial charge in [-0.05, 0) is 41.3 Å². The van der Waals surface area contributed by atoms with Crippen LogP contribution in [0.1, 0.15) is 47.7 Å². The molecule has 2 aromatic carbocycles. The predicted octanol–water partition coefficient (Wildman–Crippen LogP) is 3.18. The normalized spacial score (nSPS) is 16.1. The third kappa shape index (κ3) is 4.70. The predicted molar refractivity (Wildman–Crippen MR) is 117 cm³/mol. The molecule has 0 radical (unpaired) electrons. The van der Waals surface area contributed by atoms with Crippen LogP contribution in [0, 0.1) is 5.92 Å². The molecule has 0 saturated carbocycles. The van der Waals surface area contributed by atoms with Crippen molar-refractivity contribution in [2.45, 2.75) is 32.7 Å². The molecule has 1 aliphatic rings. The van der Waals surface area contributed by atoms with Crippen LogP contribution in [0.5, 0.6) is 0 Å². The van der Waals surface area contributed by atoms with Crippen molar-refractivity contribution in [3.8, 4) is 0 Å². The molecule has 0 aromatic heterocycles. The molecule has 30 heavy (non-hydrogen) atoms. The Morgan fingerprint density at radius 3 is 2.50 bits per heavy atom. The molecule has 1 aliphatic heterocycles.